The number of hydrogen-bond donors (Lipinski definition) is 1. The molecule has 1 unspecified atom stereocenters. The van der Waals surface area contributed by atoms with Crippen molar-refractivity contribution >= 4 is 0 Å². The molecule has 1 atom stereocenters. The number of nitrogens with one attached hydrogen (secondary N) is 1. The van der Waals surface area contributed by atoms with Crippen LogP contribution < -0.4 is 5.32 Å². The topological polar surface area (TPSA) is 25.2 Å². The number of rotatable bonds is 5. The van der Waals surface area contributed by atoms with E-state index in [1.807, 2.05) is 12.1 Å². The van der Waals surface area contributed by atoms with Gasteiger partial charge in [-0.15, -0.1) is 0 Å². The summed E-state index contributed by atoms with van der Waals surface area (Å²) in [7, 11) is 0. The van der Waals surface area contributed by atoms with E-state index in [1.54, 1.807) is 6.26 Å². The first-order valence-electron chi connectivity index (χ1n) is 5.38. The lowest BCUT2D eigenvalue weighted by molar-refractivity contribution is 0.209. The van der Waals surface area contributed by atoms with E-state index >= 15 is 0 Å². The van der Waals surface area contributed by atoms with Crippen LogP contribution in [0.25, 0.3) is 0 Å². The maximum atomic E-state index is 5.47. The van der Waals surface area contributed by atoms with Crippen molar-refractivity contribution in [3.05, 3.63) is 24.2 Å². The van der Waals surface area contributed by atoms with Crippen LogP contribution in [0, 0.1) is 5.41 Å². The van der Waals surface area contributed by atoms with Gasteiger partial charge in [0.15, 0.2) is 0 Å². The van der Waals surface area contributed by atoms with Crippen LogP contribution >= 0.6 is 0 Å². The molecule has 0 spiro atoms. The van der Waals surface area contributed by atoms with E-state index < -0.39 is 0 Å². The van der Waals surface area contributed by atoms with Gasteiger partial charge in [0, 0.05) is 0 Å². The summed E-state index contributed by atoms with van der Waals surface area (Å²) in [4.78, 5) is 0. The monoisotopic (exact) mass is 195 g/mol. The molecule has 0 fully saturated rings. The SMILES string of the molecule is CCNC(c1ccco1)C(C)(C)CC. The minimum Gasteiger partial charge on any atom is -0.468 e. The molecule has 80 valence electrons. The van der Waals surface area contributed by atoms with Gasteiger partial charge >= 0.3 is 0 Å². The molecule has 0 saturated carbocycles. The Hall–Kier alpha value is -0.760. The summed E-state index contributed by atoms with van der Waals surface area (Å²) in [6, 6.07) is 4.31. The molecule has 0 aliphatic heterocycles. The van der Waals surface area contributed by atoms with Crippen molar-refractivity contribution < 1.29 is 4.42 Å². The molecule has 0 aliphatic rings. The molecule has 0 aromatic carbocycles. The zero-order valence-electron chi connectivity index (χ0n) is 9.63. The van der Waals surface area contributed by atoms with Crippen LogP contribution in [0.2, 0.25) is 0 Å². The second kappa shape index (κ2) is 4.65. The molecule has 0 saturated heterocycles. The van der Waals surface area contributed by atoms with E-state index in [-0.39, 0.29) is 5.41 Å². The van der Waals surface area contributed by atoms with Gasteiger partial charge in [0.2, 0.25) is 0 Å². The highest BCUT2D eigenvalue weighted by atomic mass is 16.3. The molecule has 14 heavy (non-hydrogen) atoms. The van der Waals surface area contributed by atoms with Crippen molar-refractivity contribution in [3.63, 3.8) is 0 Å². The Bertz CT molecular complexity index is 251. The predicted octanol–water partition coefficient (Wildman–Crippen LogP) is 3.37. The van der Waals surface area contributed by atoms with Gasteiger partial charge in [0.25, 0.3) is 0 Å². The van der Waals surface area contributed by atoms with Crippen LogP contribution in [-0.2, 0) is 0 Å². The first-order valence-corrected chi connectivity index (χ1v) is 5.38. The standard InChI is InChI=1S/C12H21NO/c1-5-12(3,4)11(13-6-2)10-8-7-9-14-10/h7-9,11,13H,5-6H2,1-4H3. The lowest BCUT2D eigenvalue weighted by atomic mass is 9.80. The lowest BCUT2D eigenvalue weighted by Crippen LogP contribution is -2.33. The predicted molar refractivity (Wildman–Crippen MR) is 59.2 cm³/mol. The summed E-state index contributed by atoms with van der Waals surface area (Å²) in [6.45, 7) is 9.84. The van der Waals surface area contributed by atoms with E-state index in [4.69, 9.17) is 4.42 Å². The number of hydrogen-bond acceptors (Lipinski definition) is 2. The Morgan fingerprint density at radius 1 is 1.43 bits per heavy atom. The highest BCUT2D eigenvalue weighted by Crippen LogP contribution is 2.36. The van der Waals surface area contributed by atoms with Crippen molar-refractivity contribution in [2.24, 2.45) is 5.41 Å². The van der Waals surface area contributed by atoms with Crippen molar-refractivity contribution in [2.45, 2.75) is 40.2 Å². The molecule has 0 bridgehead atoms. The average Bonchev–Trinajstić information content (AvgIpc) is 2.66. The fraction of sp³-hybridized carbons (Fsp3) is 0.667. The van der Waals surface area contributed by atoms with Gasteiger partial charge in [-0.2, -0.15) is 0 Å². The molecule has 1 rings (SSSR count). The lowest BCUT2D eigenvalue weighted by Gasteiger charge is -2.32. The molecule has 0 aliphatic carbocycles. The molecule has 1 aromatic rings. The third-order valence-electron chi connectivity index (χ3n) is 2.93. The van der Waals surface area contributed by atoms with Gasteiger partial charge < -0.3 is 9.73 Å². The third-order valence-corrected chi connectivity index (χ3v) is 2.93. The van der Waals surface area contributed by atoms with E-state index in [0.717, 1.165) is 18.7 Å². The van der Waals surface area contributed by atoms with Crippen molar-refractivity contribution in [1.82, 2.24) is 5.32 Å². The zero-order valence-corrected chi connectivity index (χ0v) is 9.63. The Balaban J connectivity index is 2.84. The molecule has 2 nitrogen and oxygen atoms in total. The first kappa shape index (κ1) is 11.3. The van der Waals surface area contributed by atoms with Gasteiger partial charge in [-0.05, 0) is 30.5 Å². The fourth-order valence-electron chi connectivity index (χ4n) is 1.63. The van der Waals surface area contributed by atoms with Crippen LogP contribution in [0.5, 0.6) is 0 Å². The summed E-state index contributed by atoms with van der Waals surface area (Å²) < 4.78 is 5.47. The minimum absolute atomic E-state index is 0.230. The molecule has 1 N–H and O–H groups in total. The summed E-state index contributed by atoms with van der Waals surface area (Å²) in [5.74, 6) is 1.04. The van der Waals surface area contributed by atoms with Crippen molar-refractivity contribution in [3.8, 4) is 0 Å². The van der Waals surface area contributed by atoms with Gasteiger partial charge in [-0.25, -0.2) is 0 Å². The normalized spacial score (nSPS) is 14.3. The summed E-state index contributed by atoms with van der Waals surface area (Å²) in [5, 5.41) is 3.48. The van der Waals surface area contributed by atoms with Gasteiger partial charge in [0.05, 0.1) is 12.3 Å². The molecular formula is C12H21NO. The highest BCUT2D eigenvalue weighted by Gasteiger charge is 2.30. The van der Waals surface area contributed by atoms with Crippen LogP contribution in [0.4, 0.5) is 0 Å². The van der Waals surface area contributed by atoms with Crippen LogP contribution in [-0.4, -0.2) is 6.54 Å². The molecule has 1 aromatic heterocycles. The molecule has 0 amide bonds. The van der Waals surface area contributed by atoms with E-state index in [0.29, 0.717) is 6.04 Å². The van der Waals surface area contributed by atoms with E-state index in [1.165, 1.54) is 0 Å². The Kier molecular flexibility index (Phi) is 3.76. The van der Waals surface area contributed by atoms with E-state index in [9.17, 15) is 0 Å². The Labute approximate surface area is 86.7 Å². The van der Waals surface area contributed by atoms with Gasteiger partial charge in [0.1, 0.15) is 5.76 Å². The molecule has 1 heterocycles. The molecule has 0 radical (unpaired) electrons. The fourth-order valence-corrected chi connectivity index (χ4v) is 1.63. The van der Waals surface area contributed by atoms with E-state index in [2.05, 4.69) is 33.0 Å². The summed E-state index contributed by atoms with van der Waals surface area (Å²) in [6.07, 6.45) is 2.87. The maximum absolute atomic E-state index is 5.47. The minimum atomic E-state index is 0.230. The van der Waals surface area contributed by atoms with Gasteiger partial charge in [-0.3, -0.25) is 0 Å². The van der Waals surface area contributed by atoms with Crippen LogP contribution in [0.1, 0.15) is 45.9 Å². The Morgan fingerprint density at radius 3 is 2.57 bits per heavy atom. The maximum Gasteiger partial charge on any atom is 0.121 e. The van der Waals surface area contributed by atoms with Gasteiger partial charge in [-0.1, -0.05) is 27.7 Å². The first-order chi connectivity index (χ1) is 6.61. The third kappa shape index (κ3) is 2.38. The average molecular weight is 195 g/mol. The largest absolute Gasteiger partial charge is 0.468 e. The molecular weight excluding hydrogens is 174 g/mol. The van der Waals surface area contributed by atoms with Crippen LogP contribution in [0.15, 0.2) is 22.8 Å². The highest BCUT2D eigenvalue weighted by molar-refractivity contribution is 5.08. The molecule has 2 heteroatoms. The summed E-state index contributed by atoms with van der Waals surface area (Å²) >= 11 is 0. The summed E-state index contributed by atoms with van der Waals surface area (Å²) in [5.41, 5.74) is 0.230. The van der Waals surface area contributed by atoms with Crippen molar-refractivity contribution in [1.29, 1.82) is 0 Å². The second-order valence-electron chi connectivity index (χ2n) is 4.35. The second-order valence-corrected chi connectivity index (χ2v) is 4.35. The van der Waals surface area contributed by atoms with Crippen LogP contribution in [0.3, 0.4) is 0 Å². The quantitative estimate of drug-likeness (QED) is 0.779. The zero-order chi connectivity index (χ0) is 10.6. The smallest absolute Gasteiger partial charge is 0.121 e. The number of furan rings is 1. The Morgan fingerprint density at radius 2 is 2.14 bits per heavy atom. The van der Waals surface area contributed by atoms with Crippen molar-refractivity contribution in [2.75, 3.05) is 6.54 Å².